The first-order valence-corrected chi connectivity index (χ1v) is 7.50. The molecule has 1 rings (SSSR count). The molecule has 0 aromatic carbocycles. The molecule has 1 aromatic heterocycles. The molecule has 0 aliphatic rings. The molecular formula is C9H12ClF3N4O2S. The lowest BCUT2D eigenvalue weighted by Crippen LogP contribution is -2.29. The molecule has 114 valence electrons. The van der Waals surface area contributed by atoms with Crippen molar-refractivity contribution in [2.24, 2.45) is 0 Å². The second-order valence-corrected chi connectivity index (χ2v) is 5.95. The molecule has 0 spiro atoms. The summed E-state index contributed by atoms with van der Waals surface area (Å²) in [7, 11) is -3.46. The average molecular weight is 333 g/mol. The Morgan fingerprint density at radius 3 is 2.55 bits per heavy atom. The van der Waals surface area contributed by atoms with Crippen molar-refractivity contribution in [1.29, 1.82) is 0 Å². The lowest BCUT2D eigenvalue weighted by atomic mass is 10.5. The smallest absolute Gasteiger partial charge is 0.369 e. The van der Waals surface area contributed by atoms with Crippen LogP contribution in [-0.4, -0.2) is 37.2 Å². The molecule has 0 bridgehead atoms. The minimum atomic E-state index is -4.73. The van der Waals surface area contributed by atoms with Gasteiger partial charge in [-0.05, 0) is 0 Å². The van der Waals surface area contributed by atoms with E-state index >= 15 is 0 Å². The molecule has 1 aromatic rings. The quantitative estimate of drug-likeness (QED) is 0.771. The van der Waals surface area contributed by atoms with Crippen LogP contribution in [0.3, 0.4) is 0 Å². The van der Waals surface area contributed by atoms with Crippen LogP contribution in [0, 0.1) is 0 Å². The Morgan fingerprint density at radius 1 is 1.35 bits per heavy atom. The molecule has 0 radical (unpaired) electrons. The number of sulfonamides is 1. The van der Waals surface area contributed by atoms with Gasteiger partial charge in [0.1, 0.15) is 11.0 Å². The number of aromatic nitrogens is 2. The number of alkyl halides is 3. The summed E-state index contributed by atoms with van der Waals surface area (Å²) in [5.74, 6) is -1.88. The summed E-state index contributed by atoms with van der Waals surface area (Å²) in [6.45, 7) is 1.74. The van der Waals surface area contributed by atoms with Gasteiger partial charge in [0.15, 0.2) is 0 Å². The van der Waals surface area contributed by atoms with Gasteiger partial charge in [0.25, 0.3) is 0 Å². The highest BCUT2D eigenvalue weighted by Gasteiger charge is 2.35. The number of rotatable bonds is 6. The summed E-state index contributed by atoms with van der Waals surface area (Å²) >= 11 is 5.45. The molecule has 11 heteroatoms. The third-order valence-electron chi connectivity index (χ3n) is 1.99. The molecule has 0 amide bonds. The van der Waals surface area contributed by atoms with Crippen LogP contribution in [0.15, 0.2) is 6.07 Å². The molecule has 20 heavy (non-hydrogen) atoms. The van der Waals surface area contributed by atoms with Crippen LogP contribution in [0.5, 0.6) is 0 Å². The summed E-state index contributed by atoms with van der Waals surface area (Å²) in [4.78, 5) is 6.27. The Balaban J connectivity index is 2.72. The van der Waals surface area contributed by atoms with Gasteiger partial charge in [-0.2, -0.15) is 13.2 Å². The number of nitrogens with zero attached hydrogens (tertiary/aromatic N) is 2. The molecule has 0 saturated heterocycles. The maximum absolute atomic E-state index is 12.4. The summed E-state index contributed by atoms with van der Waals surface area (Å²) < 4.78 is 62.2. The zero-order valence-electron chi connectivity index (χ0n) is 10.3. The van der Waals surface area contributed by atoms with Gasteiger partial charge >= 0.3 is 6.18 Å². The van der Waals surface area contributed by atoms with E-state index in [0.29, 0.717) is 0 Å². The van der Waals surface area contributed by atoms with Crippen molar-refractivity contribution in [3.8, 4) is 0 Å². The van der Waals surface area contributed by atoms with Gasteiger partial charge < -0.3 is 5.32 Å². The molecule has 0 fully saturated rings. The van der Waals surface area contributed by atoms with Crippen LogP contribution in [0.25, 0.3) is 0 Å². The predicted octanol–water partition coefficient (Wildman–Crippen LogP) is 1.50. The van der Waals surface area contributed by atoms with E-state index < -0.39 is 22.0 Å². The molecule has 0 unspecified atom stereocenters. The van der Waals surface area contributed by atoms with Gasteiger partial charge in [0, 0.05) is 19.2 Å². The van der Waals surface area contributed by atoms with E-state index in [9.17, 15) is 21.6 Å². The maximum Gasteiger partial charge on any atom is 0.451 e. The summed E-state index contributed by atoms with van der Waals surface area (Å²) in [6, 6.07) is 1.08. The number of hydrogen-bond acceptors (Lipinski definition) is 5. The van der Waals surface area contributed by atoms with Crippen LogP contribution < -0.4 is 10.0 Å². The third kappa shape index (κ3) is 5.47. The van der Waals surface area contributed by atoms with Gasteiger partial charge in [-0.15, -0.1) is 0 Å². The second kappa shape index (κ2) is 6.55. The van der Waals surface area contributed by atoms with Gasteiger partial charge in [-0.3, -0.25) is 0 Å². The van der Waals surface area contributed by atoms with Gasteiger partial charge in [-0.25, -0.2) is 23.1 Å². The van der Waals surface area contributed by atoms with Gasteiger partial charge in [0.05, 0.1) is 5.75 Å². The van der Waals surface area contributed by atoms with Crippen LogP contribution >= 0.6 is 11.6 Å². The normalized spacial score (nSPS) is 12.4. The molecule has 0 saturated carbocycles. The Bertz CT molecular complexity index is 565. The Morgan fingerprint density at radius 2 is 2.00 bits per heavy atom. The van der Waals surface area contributed by atoms with Gasteiger partial charge in [-0.1, -0.05) is 18.5 Å². The lowest BCUT2D eigenvalue weighted by Gasteiger charge is -2.10. The number of nitrogens with one attached hydrogen (secondary N) is 2. The Kier molecular flexibility index (Phi) is 5.54. The molecule has 1 heterocycles. The van der Waals surface area contributed by atoms with E-state index in [0.717, 1.165) is 6.07 Å². The Hall–Kier alpha value is -1.13. The zero-order chi connectivity index (χ0) is 15.4. The minimum absolute atomic E-state index is 0.111. The van der Waals surface area contributed by atoms with E-state index in [4.69, 9.17) is 11.6 Å². The van der Waals surface area contributed by atoms with Crippen molar-refractivity contribution in [2.45, 2.75) is 13.1 Å². The van der Waals surface area contributed by atoms with E-state index in [1.54, 1.807) is 6.92 Å². The zero-order valence-corrected chi connectivity index (χ0v) is 11.9. The molecule has 2 N–H and O–H groups in total. The molecule has 6 nitrogen and oxygen atoms in total. The van der Waals surface area contributed by atoms with Crippen LogP contribution in [0.4, 0.5) is 19.0 Å². The van der Waals surface area contributed by atoms with Crippen LogP contribution in [0.2, 0.25) is 5.15 Å². The summed E-state index contributed by atoms with van der Waals surface area (Å²) in [5.41, 5.74) is 0. The molecule has 0 aliphatic carbocycles. The first kappa shape index (κ1) is 16.9. The fourth-order valence-corrected chi connectivity index (χ4v) is 2.38. The highest BCUT2D eigenvalue weighted by molar-refractivity contribution is 7.89. The summed E-state index contributed by atoms with van der Waals surface area (Å²) in [5, 5.41) is 2.07. The van der Waals surface area contributed by atoms with Crippen molar-refractivity contribution in [1.82, 2.24) is 14.7 Å². The molecule has 0 aliphatic heterocycles. The second-order valence-electron chi connectivity index (χ2n) is 3.64. The first-order chi connectivity index (χ1) is 9.14. The van der Waals surface area contributed by atoms with Crippen molar-refractivity contribution in [2.75, 3.05) is 24.2 Å². The maximum atomic E-state index is 12.4. The number of halogens is 4. The Labute approximate surface area is 118 Å². The lowest BCUT2D eigenvalue weighted by molar-refractivity contribution is -0.144. The minimum Gasteiger partial charge on any atom is -0.369 e. The summed E-state index contributed by atoms with van der Waals surface area (Å²) in [6.07, 6.45) is -4.73. The highest BCUT2D eigenvalue weighted by atomic mass is 35.5. The fourth-order valence-electron chi connectivity index (χ4n) is 1.24. The largest absolute Gasteiger partial charge is 0.451 e. The highest BCUT2D eigenvalue weighted by Crippen LogP contribution is 2.28. The van der Waals surface area contributed by atoms with E-state index in [1.165, 1.54) is 0 Å². The van der Waals surface area contributed by atoms with Crippen LogP contribution in [0.1, 0.15) is 12.7 Å². The van der Waals surface area contributed by atoms with Crippen molar-refractivity contribution < 1.29 is 21.6 Å². The molecular weight excluding hydrogens is 321 g/mol. The average Bonchev–Trinajstić information content (AvgIpc) is 2.26. The van der Waals surface area contributed by atoms with E-state index in [1.807, 2.05) is 0 Å². The SMILES string of the molecule is CCNS(=O)(=O)CCNc1cc(Cl)nc(C(F)(F)F)n1. The molecule has 0 atom stereocenters. The van der Waals surface area contributed by atoms with Crippen molar-refractivity contribution in [3.05, 3.63) is 17.0 Å². The predicted molar refractivity (Wildman–Crippen MR) is 68.0 cm³/mol. The standard InChI is InChI=1S/C9H12ClF3N4O2S/c1-2-15-20(18,19)4-3-14-7-5-6(10)16-8(17-7)9(11,12)13/h5,15H,2-4H2,1H3,(H,14,16,17). The topological polar surface area (TPSA) is 84.0 Å². The van der Waals surface area contributed by atoms with Crippen LogP contribution in [-0.2, 0) is 16.2 Å². The van der Waals surface area contributed by atoms with E-state index in [-0.39, 0.29) is 29.8 Å². The van der Waals surface area contributed by atoms with Crippen molar-refractivity contribution >= 4 is 27.4 Å². The number of anilines is 1. The monoisotopic (exact) mass is 332 g/mol. The van der Waals surface area contributed by atoms with E-state index in [2.05, 4.69) is 20.0 Å². The van der Waals surface area contributed by atoms with Gasteiger partial charge in [0.2, 0.25) is 15.8 Å². The van der Waals surface area contributed by atoms with Crippen molar-refractivity contribution in [3.63, 3.8) is 0 Å². The first-order valence-electron chi connectivity index (χ1n) is 5.47. The third-order valence-corrected chi connectivity index (χ3v) is 3.65. The fraction of sp³-hybridized carbons (Fsp3) is 0.556. The number of hydrogen-bond donors (Lipinski definition) is 2.